The average Bonchev–Trinajstić information content (AvgIpc) is 3.45. The van der Waals surface area contributed by atoms with E-state index in [1.54, 1.807) is 0 Å². The normalized spacial score (nSPS) is 24.6. The Morgan fingerprint density at radius 2 is 0.740 bits per heavy atom. The minimum atomic E-state index is -1.78. The second-order valence-electron chi connectivity index (χ2n) is 23.6. The number of hydrogen-bond acceptors (Lipinski definition) is 13. The summed E-state index contributed by atoms with van der Waals surface area (Å²) in [7, 11) is 0. The number of hydrogen-bond donors (Lipinski definition) is 9. The van der Waals surface area contributed by atoms with E-state index in [1.165, 1.54) is 225 Å². The molecule has 2 aliphatic rings. The van der Waals surface area contributed by atoms with Crippen LogP contribution in [0, 0.1) is 0 Å². The van der Waals surface area contributed by atoms with E-state index >= 15 is 0 Å². The summed E-state index contributed by atoms with van der Waals surface area (Å²) in [6, 6.07) is -0.821. The highest BCUT2D eigenvalue weighted by Gasteiger charge is 2.51. The summed E-state index contributed by atoms with van der Waals surface area (Å²) in [4.78, 5) is 13.3. The van der Waals surface area contributed by atoms with Crippen LogP contribution in [0.15, 0.2) is 0 Å². The number of carbonyl (C=O) groups is 1. The number of aliphatic hydroxyl groups excluding tert-OH is 8. The Morgan fingerprint density at radius 3 is 1.10 bits per heavy atom. The van der Waals surface area contributed by atoms with Gasteiger partial charge in [0, 0.05) is 6.42 Å². The zero-order valence-electron chi connectivity index (χ0n) is 49.5. The molecule has 2 aliphatic heterocycles. The van der Waals surface area contributed by atoms with E-state index in [4.69, 9.17) is 18.9 Å². The quantitative estimate of drug-likeness (QED) is 0.0259. The summed E-state index contributed by atoms with van der Waals surface area (Å²) >= 11 is 0. The lowest BCUT2D eigenvalue weighted by Crippen LogP contribution is -2.65. The Kier molecular flexibility index (Phi) is 46.4. The van der Waals surface area contributed by atoms with Crippen molar-refractivity contribution in [2.24, 2.45) is 0 Å². The van der Waals surface area contributed by atoms with Crippen LogP contribution in [0.4, 0.5) is 0 Å². The standard InChI is InChI=1S/C63H123NO13/c1-3-5-7-9-11-13-15-16-17-18-19-20-21-22-23-24-25-26-27-28-29-30-31-32-33-34-35-36-37-39-41-43-45-47-55(68)64-51(52(67)46-44-42-40-38-14-12-10-8-6-4-2)50-74-62-60(73)58(71)61(54(49-66)76-62)77-63-59(72)57(70)56(69)53(48-65)75-63/h51-54,56-63,65-67,69-73H,3-50H2,1-2H3,(H,64,68)/t51-,52+,53+,54+,56-,57?,58?,59?,60?,61+,62+,63-/m0/s1. The van der Waals surface area contributed by atoms with Crippen molar-refractivity contribution in [1.29, 1.82) is 0 Å². The van der Waals surface area contributed by atoms with Gasteiger partial charge < -0.3 is 65.1 Å². The fourth-order valence-corrected chi connectivity index (χ4v) is 11.3. The Bertz CT molecular complexity index is 1300. The molecule has 12 atom stereocenters. The molecule has 458 valence electrons. The third-order valence-corrected chi connectivity index (χ3v) is 16.6. The lowest BCUT2D eigenvalue weighted by molar-refractivity contribution is -0.359. The van der Waals surface area contributed by atoms with Crippen molar-refractivity contribution in [1.82, 2.24) is 5.32 Å². The largest absolute Gasteiger partial charge is 0.394 e. The molecule has 0 radical (unpaired) electrons. The van der Waals surface area contributed by atoms with Crippen LogP contribution < -0.4 is 5.32 Å². The van der Waals surface area contributed by atoms with Gasteiger partial charge in [-0.2, -0.15) is 0 Å². The highest BCUT2D eigenvalue weighted by molar-refractivity contribution is 5.76. The van der Waals surface area contributed by atoms with Gasteiger partial charge in [-0.05, 0) is 12.8 Å². The molecule has 0 aliphatic carbocycles. The van der Waals surface area contributed by atoms with Crippen molar-refractivity contribution >= 4 is 5.91 Å². The third-order valence-electron chi connectivity index (χ3n) is 16.6. The van der Waals surface area contributed by atoms with Gasteiger partial charge in [0.25, 0.3) is 0 Å². The summed E-state index contributed by atoms with van der Waals surface area (Å²) in [5, 5.41) is 87.1. The number of rotatable bonds is 54. The molecule has 2 heterocycles. The number of nitrogens with one attached hydrogen (secondary N) is 1. The molecule has 0 saturated carbocycles. The van der Waals surface area contributed by atoms with E-state index in [-0.39, 0.29) is 12.5 Å². The topological polar surface area (TPSA) is 228 Å². The summed E-state index contributed by atoms with van der Waals surface area (Å²) in [6.45, 7) is 2.88. The Hall–Kier alpha value is -1.01. The summed E-state index contributed by atoms with van der Waals surface area (Å²) in [5.74, 6) is -0.201. The third kappa shape index (κ3) is 34.9. The number of ether oxygens (including phenoxy) is 4. The summed E-state index contributed by atoms with van der Waals surface area (Å²) in [6.07, 6.45) is 40.1. The molecule has 2 rings (SSSR count). The first kappa shape index (κ1) is 72.1. The maximum Gasteiger partial charge on any atom is 0.220 e. The molecule has 0 aromatic carbocycles. The van der Waals surface area contributed by atoms with Gasteiger partial charge in [0.05, 0.1) is 32.0 Å². The van der Waals surface area contributed by atoms with Gasteiger partial charge in [-0.3, -0.25) is 4.79 Å². The molecule has 2 fully saturated rings. The van der Waals surface area contributed by atoms with Crippen LogP contribution in [0.5, 0.6) is 0 Å². The molecule has 14 nitrogen and oxygen atoms in total. The molecule has 1 amide bonds. The molecular weight excluding hydrogens is 979 g/mol. The lowest BCUT2D eigenvalue weighted by Gasteiger charge is -2.46. The SMILES string of the molecule is CCCCCCCCCCCCCCCCCCCCCCCCCCCCCCCCCCCC(=O)N[C@@H](CO[C@@H]1O[C@H](CO)[C@@H](O[C@@H]2O[C@H](CO)[C@H](O)C(O)C2O)C(O)C1O)[C@H](O)CCCCCCCCCCCC. The fourth-order valence-electron chi connectivity index (χ4n) is 11.3. The first-order chi connectivity index (χ1) is 37.6. The van der Waals surface area contributed by atoms with E-state index in [1.807, 2.05) is 0 Å². The minimum Gasteiger partial charge on any atom is -0.394 e. The summed E-state index contributed by atoms with van der Waals surface area (Å²) in [5.41, 5.74) is 0. The second kappa shape index (κ2) is 49.6. The van der Waals surface area contributed by atoms with Crippen LogP contribution in [0.1, 0.15) is 303 Å². The van der Waals surface area contributed by atoms with Crippen molar-refractivity contribution in [2.45, 2.75) is 376 Å². The molecule has 4 unspecified atom stereocenters. The molecule has 77 heavy (non-hydrogen) atoms. The lowest BCUT2D eigenvalue weighted by atomic mass is 9.97. The zero-order chi connectivity index (χ0) is 56.0. The maximum absolute atomic E-state index is 13.3. The van der Waals surface area contributed by atoms with E-state index in [0.717, 1.165) is 51.4 Å². The van der Waals surface area contributed by atoms with Crippen molar-refractivity contribution in [3.05, 3.63) is 0 Å². The van der Waals surface area contributed by atoms with Crippen LogP contribution >= 0.6 is 0 Å². The molecule has 0 spiro atoms. The number of carbonyl (C=O) groups excluding carboxylic acids is 1. The van der Waals surface area contributed by atoms with Crippen LogP contribution in [0.3, 0.4) is 0 Å². The van der Waals surface area contributed by atoms with E-state index in [9.17, 15) is 45.6 Å². The predicted octanol–water partition coefficient (Wildman–Crippen LogP) is 12.1. The molecule has 9 N–H and O–H groups in total. The van der Waals surface area contributed by atoms with Crippen molar-refractivity contribution in [2.75, 3.05) is 19.8 Å². The monoisotopic (exact) mass is 1100 g/mol. The second-order valence-corrected chi connectivity index (χ2v) is 23.6. The molecule has 0 aromatic rings. The number of amides is 1. The minimum absolute atomic E-state index is 0.201. The first-order valence-corrected chi connectivity index (χ1v) is 32.8. The smallest absolute Gasteiger partial charge is 0.220 e. The van der Waals surface area contributed by atoms with Gasteiger partial charge in [-0.25, -0.2) is 0 Å². The molecule has 0 aromatic heterocycles. The highest BCUT2D eigenvalue weighted by atomic mass is 16.7. The Balaban J connectivity index is 1.56. The Morgan fingerprint density at radius 1 is 0.416 bits per heavy atom. The molecule has 14 heteroatoms. The molecule has 2 saturated heterocycles. The average molecular weight is 1100 g/mol. The predicted molar refractivity (Wildman–Crippen MR) is 309 cm³/mol. The van der Waals surface area contributed by atoms with E-state index in [2.05, 4.69) is 19.2 Å². The van der Waals surface area contributed by atoms with Crippen molar-refractivity contribution in [3.8, 4) is 0 Å². The summed E-state index contributed by atoms with van der Waals surface area (Å²) < 4.78 is 22.8. The number of unbranched alkanes of at least 4 members (excludes halogenated alkanes) is 41. The Labute approximate surface area is 470 Å². The van der Waals surface area contributed by atoms with Crippen LogP contribution in [-0.4, -0.2) is 140 Å². The van der Waals surface area contributed by atoms with Gasteiger partial charge in [-0.15, -0.1) is 0 Å². The van der Waals surface area contributed by atoms with Gasteiger partial charge in [0.15, 0.2) is 12.6 Å². The van der Waals surface area contributed by atoms with Crippen LogP contribution in [0.2, 0.25) is 0 Å². The van der Waals surface area contributed by atoms with Gasteiger partial charge >= 0.3 is 0 Å². The van der Waals surface area contributed by atoms with Crippen molar-refractivity contribution in [3.63, 3.8) is 0 Å². The molecular formula is C63H123NO13. The number of aliphatic hydroxyl groups is 8. The van der Waals surface area contributed by atoms with Gasteiger partial charge in [0.1, 0.15) is 48.8 Å². The zero-order valence-corrected chi connectivity index (χ0v) is 49.5. The maximum atomic E-state index is 13.3. The molecule has 0 bridgehead atoms. The van der Waals surface area contributed by atoms with Crippen LogP contribution in [0.25, 0.3) is 0 Å². The van der Waals surface area contributed by atoms with Crippen LogP contribution in [-0.2, 0) is 23.7 Å². The van der Waals surface area contributed by atoms with E-state index in [0.29, 0.717) is 12.8 Å². The first-order valence-electron chi connectivity index (χ1n) is 32.8. The van der Waals surface area contributed by atoms with Crippen molar-refractivity contribution < 1.29 is 64.6 Å². The van der Waals surface area contributed by atoms with E-state index < -0.39 is 86.8 Å². The highest BCUT2D eigenvalue weighted by Crippen LogP contribution is 2.30. The fraction of sp³-hybridized carbons (Fsp3) is 0.984. The van der Waals surface area contributed by atoms with Gasteiger partial charge in [-0.1, -0.05) is 284 Å². The van der Waals surface area contributed by atoms with Gasteiger partial charge in [0.2, 0.25) is 5.91 Å².